The maximum Gasteiger partial charge on any atom is 0.256 e. The molecule has 0 radical (unpaired) electrons. The number of hydrogen-bond acceptors (Lipinski definition) is 3. The van der Waals surface area contributed by atoms with E-state index in [1.807, 2.05) is 6.92 Å². The molecule has 2 aliphatic heterocycles. The van der Waals surface area contributed by atoms with Gasteiger partial charge in [-0.05, 0) is 19.1 Å². The molecule has 2 N–H and O–H groups in total. The van der Waals surface area contributed by atoms with E-state index in [-0.39, 0.29) is 23.3 Å². The monoisotopic (exact) mass is 327 g/mol. The minimum Gasteiger partial charge on any atom is -0.509 e. The largest absolute Gasteiger partial charge is 0.509 e. The summed E-state index contributed by atoms with van der Waals surface area (Å²) in [5.41, 5.74) is -0.0228. The molecule has 4 nitrogen and oxygen atoms in total. The number of aliphatic hydroxyl groups is 1. The SMILES string of the molecule is CC1CC2(CCO1)NC(=O)C(c1ccc(Cl)cc1Cl)=C2O. The second-order valence-electron chi connectivity index (χ2n) is 5.52. The van der Waals surface area contributed by atoms with Crippen molar-refractivity contribution in [2.75, 3.05) is 6.61 Å². The fourth-order valence-corrected chi connectivity index (χ4v) is 3.55. The van der Waals surface area contributed by atoms with Gasteiger partial charge in [0, 0.05) is 30.0 Å². The summed E-state index contributed by atoms with van der Waals surface area (Å²) < 4.78 is 5.50. The number of amides is 1. The molecule has 112 valence electrons. The van der Waals surface area contributed by atoms with Crippen molar-refractivity contribution in [3.05, 3.63) is 39.6 Å². The molecule has 1 saturated heterocycles. The smallest absolute Gasteiger partial charge is 0.256 e. The molecular formula is C15H15Cl2NO3. The number of nitrogens with one attached hydrogen (secondary N) is 1. The summed E-state index contributed by atoms with van der Waals surface area (Å²) in [5, 5.41) is 14.4. The number of carbonyl (C=O) groups is 1. The molecule has 1 amide bonds. The van der Waals surface area contributed by atoms with Crippen molar-refractivity contribution < 1.29 is 14.6 Å². The highest BCUT2D eigenvalue weighted by molar-refractivity contribution is 6.37. The lowest BCUT2D eigenvalue weighted by Crippen LogP contribution is -2.50. The van der Waals surface area contributed by atoms with E-state index in [4.69, 9.17) is 27.9 Å². The molecule has 0 aliphatic carbocycles. The van der Waals surface area contributed by atoms with Crippen molar-refractivity contribution in [3.8, 4) is 0 Å². The molecule has 0 bridgehead atoms. The molecule has 1 aromatic rings. The number of hydrogen-bond donors (Lipinski definition) is 2. The van der Waals surface area contributed by atoms with Crippen molar-refractivity contribution >= 4 is 34.7 Å². The van der Waals surface area contributed by atoms with Crippen LogP contribution in [0, 0.1) is 0 Å². The molecule has 2 unspecified atom stereocenters. The van der Waals surface area contributed by atoms with Gasteiger partial charge in [0.1, 0.15) is 11.3 Å². The quantitative estimate of drug-likeness (QED) is 0.831. The Morgan fingerprint density at radius 3 is 2.86 bits per heavy atom. The van der Waals surface area contributed by atoms with E-state index in [1.54, 1.807) is 18.2 Å². The highest BCUT2D eigenvalue weighted by atomic mass is 35.5. The number of ether oxygens (including phenoxy) is 1. The Labute approximate surface area is 132 Å². The van der Waals surface area contributed by atoms with E-state index in [9.17, 15) is 9.90 Å². The van der Waals surface area contributed by atoms with Crippen LogP contribution in [0.4, 0.5) is 0 Å². The van der Waals surface area contributed by atoms with Crippen LogP contribution in [-0.2, 0) is 9.53 Å². The highest BCUT2D eigenvalue weighted by Gasteiger charge is 2.48. The Kier molecular flexibility index (Phi) is 3.64. The Morgan fingerprint density at radius 1 is 1.43 bits per heavy atom. The van der Waals surface area contributed by atoms with Crippen molar-refractivity contribution in [2.45, 2.75) is 31.4 Å². The molecule has 1 fully saturated rings. The van der Waals surface area contributed by atoms with Crippen LogP contribution < -0.4 is 5.32 Å². The summed E-state index contributed by atoms with van der Waals surface area (Å²) in [7, 11) is 0. The Bertz CT molecular complexity index is 644. The average molecular weight is 328 g/mol. The summed E-state index contributed by atoms with van der Waals surface area (Å²) in [4.78, 5) is 12.3. The molecule has 2 aliphatic rings. The first-order valence-electron chi connectivity index (χ1n) is 6.76. The second kappa shape index (κ2) is 5.20. The summed E-state index contributed by atoms with van der Waals surface area (Å²) >= 11 is 12.0. The van der Waals surface area contributed by atoms with Crippen LogP contribution in [0.15, 0.2) is 24.0 Å². The predicted molar refractivity (Wildman–Crippen MR) is 81.5 cm³/mol. The Hall–Kier alpha value is -1.23. The average Bonchev–Trinajstić information content (AvgIpc) is 2.62. The van der Waals surface area contributed by atoms with Crippen molar-refractivity contribution in [2.24, 2.45) is 0 Å². The van der Waals surface area contributed by atoms with Crippen molar-refractivity contribution in [1.29, 1.82) is 0 Å². The minimum absolute atomic E-state index is 0.0266. The van der Waals surface area contributed by atoms with Gasteiger partial charge < -0.3 is 15.2 Å². The number of carbonyl (C=O) groups excluding carboxylic acids is 1. The van der Waals surface area contributed by atoms with Crippen LogP contribution >= 0.6 is 23.2 Å². The molecular weight excluding hydrogens is 313 g/mol. The second-order valence-corrected chi connectivity index (χ2v) is 6.36. The zero-order valence-electron chi connectivity index (χ0n) is 11.5. The first kappa shape index (κ1) is 14.7. The lowest BCUT2D eigenvalue weighted by Gasteiger charge is -2.36. The van der Waals surface area contributed by atoms with Crippen molar-refractivity contribution in [1.82, 2.24) is 5.32 Å². The van der Waals surface area contributed by atoms with Crippen LogP contribution in [0.25, 0.3) is 5.57 Å². The molecule has 0 saturated carbocycles. The number of aliphatic hydroxyl groups excluding tert-OH is 1. The fraction of sp³-hybridized carbons (Fsp3) is 0.400. The van der Waals surface area contributed by atoms with Crippen molar-refractivity contribution in [3.63, 3.8) is 0 Å². The number of halogens is 2. The van der Waals surface area contributed by atoms with Gasteiger partial charge in [0.2, 0.25) is 0 Å². The van der Waals surface area contributed by atoms with Crippen LogP contribution in [0.3, 0.4) is 0 Å². The van der Waals surface area contributed by atoms with E-state index < -0.39 is 5.54 Å². The van der Waals surface area contributed by atoms with Gasteiger partial charge in [0.05, 0.1) is 16.7 Å². The maximum absolute atomic E-state index is 12.3. The molecule has 2 atom stereocenters. The lowest BCUT2D eigenvalue weighted by atomic mass is 9.85. The van der Waals surface area contributed by atoms with E-state index in [0.29, 0.717) is 35.1 Å². The van der Waals surface area contributed by atoms with E-state index in [1.165, 1.54) is 0 Å². The van der Waals surface area contributed by atoms with Gasteiger partial charge in [-0.3, -0.25) is 4.79 Å². The molecule has 3 rings (SSSR count). The summed E-state index contributed by atoms with van der Waals surface area (Å²) in [5.74, 6) is -0.266. The molecule has 2 heterocycles. The molecule has 6 heteroatoms. The van der Waals surface area contributed by atoms with Gasteiger partial charge >= 0.3 is 0 Å². The van der Waals surface area contributed by atoms with Gasteiger partial charge in [0.15, 0.2) is 0 Å². The van der Waals surface area contributed by atoms with Crippen LogP contribution in [0.5, 0.6) is 0 Å². The third-order valence-electron chi connectivity index (χ3n) is 4.04. The normalized spacial score (nSPS) is 29.1. The first-order valence-corrected chi connectivity index (χ1v) is 7.52. The maximum atomic E-state index is 12.3. The van der Waals surface area contributed by atoms with E-state index in [0.717, 1.165) is 0 Å². The predicted octanol–water partition coefficient (Wildman–Crippen LogP) is 3.33. The number of rotatable bonds is 1. The summed E-state index contributed by atoms with van der Waals surface area (Å²) in [6.07, 6.45) is 1.06. The third kappa shape index (κ3) is 2.41. The zero-order valence-corrected chi connectivity index (χ0v) is 13.0. The third-order valence-corrected chi connectivity index (χ3v) is 4.59. The molecule has 21 heavy (non-hydrogen) atoms. The topological polar surface area (TPSA) is 58.6 Å². The standard InChI is InChI=1S/C15H15Cl2NO3/c1-8-7-15(4-5-21-8)13(19)12(14(20)18-15)10-3-2-9(16)6-11(10)17/h2-3,6,8,19H,4-5,7H2,1H3,(H,18,20). The molecule has 1 aromatic carbocycles. The van der Waals surface area contributed by atoms with Gasteiger partial charge in [-0.15, -0.1) is 0 Å². The van der Waals surface area contributed by atoms with Gasteiger partial charge in [-0.2, -0.15) is 0 Å². The summed E-state index contributed by atoms with van der Waals surface area (Å²) in [6.45, 7) is 2.42. The van der Waals surface area contributed by atoms with Gasteiger partial charge in [-0.1, -0.05) is 29.3 Å². The molecule has 1 spiro atoms. The lowest BCUT2D eigenvalue weighted by molar-refractivity contribution is -0.117. The van der Waals surface area contributed by atoms with Crippen LogP contribution in [0.1, 0.15) is 25.3 Å². The van der Waals surface area contributed by atoms with E-state index in [2.05, 4.69) is 5.32 Å². The Morgan fingerprint density at radius 2 is 2.19 bits per heavy atom. The minimum atomic E-state index is -0.743. The zero-order chi connectivity index (χ0) is 15.2. The summed E-state index contributed by atoms with van der Waals surface area (Å²) in [6, 6.07) is 4.86. The van der Waals surface area contributed by atoms with E-state index >= 15 is 0 Å². The molecule has 0 aromatic heterocycles. The highest BCUT2D eigenvalue weighted by Crippen LogP contribution is 2.41. The number of benzene rings is 1. The van der Waals surface area contributed by atoms with Crippen LogP contribution in [-0.4, -0.2) is 29.3 Å². The fourth-order valence-electron chi connectivity index (χ4n) is 3.04. The van der Waals surface area contributed by atoms with Crippen LogP contribution in [0.2, 0.25) is 10.0 Å². The first-order chi connectivity index (χ1) is 9.93. The van der Waals surface area contributed by atoms with Gasteiger partial charge in [-0.25, -0.2) is 0 Å². The Balaban J connectivity index is 2.08. The van der Waals surface area contributed by atoms with Gasteiger partial charge in [0.25, 0.3) is 5.91 Å².